The van der Waals surface area contributed by atoms with Crippen molar-refractivity contribution in [2.24, 2.45) is 0 Å². The van der Waals surface area contributed by atoms with Crippen LogP contribution in [0.15, 0.2) is 0 Å². The van der Waals surface area contributed by atoms with Crippen LogP contribution in [0.25, 0.3) is 0 Å². The molecule has 3 aliphatic heterocycles. The summed E-state index contributed by atoms with van der Waals surface area (Å²) in [5.41, 5.74) is -0.989. The van der Waals surface area contributed by atoms with E-state index in [1.165, 1.54) is 0 Å². The van der Waals surface area contributed by atoms with E-state index in [4.69, 9.17) is 0 Å². The lowest BCUT2D eigenvalue weighted by Gasteiger charge is -2.30. The predicted octanol–water partition coefficient (Wildman–Crippen LogP) is 0.420. The lowest BCUT2D eigenvalue weighted by atomic mass is 10.1. The van der Waals surface area contributed by atoms with Crippen LogP contribution in [0, 0.1) is 0 Å². The summed E-state index contributed by atoms with van der Waals surface area (Å²) >= 11 is 0. The fraction of sp³-hybridized carbons (Fsp3) is 1.00. The first kappa shape index (κ1) is 10.9. The van der Waals surface area contributed by atoms with E-state index in [9.17, 15) is 4.39 Å². The van der Waals surface area contributed by atoms with Gasteiger partial charge in [-0.05, 0) is 6.42 Å². The van der Waals surface area contributed by atoms with Crippen LogP contribution in [0.3, 0.4) is 0 Å². The van der Waals surface area contributed by atoms with E-state index in [1.54, 1.807) is 0 Å². The third-order valence-corrected chi connectivity index (χ3v) is 4.39. The predicted molar refractivity (Wildman–Crippen MR) is 62.4 cm³/mol. The van der Waals surface area contributed by atoms with Crippen LogP contribution in [-0.4, -0.2) is 78.8 Å². The maximum Gasteiger partial charge on any atom is 0.148 e. The Bertz CT molecular complexity index is 273. The number of rotatable bonds is 1. The average molecular weight is 226 g/mol. The summed E-state index contributed by atoms with van der Waals surface area (Å²) in [6, 6.07) is 0.565. The van der Waals surface area contributed by atoms with Crippen LogP contribution in [0.5, 0.6) is 0 Å². The first-order valence-electron chi connectivity index (χ1n) is 6.56. The zero-order chi connectivity index (χ0) is 11.2. The van der Waals surface area contributed by atoms with Crippen LogP contribution in [-0.2, 0) is 0 Å². The molecule has 5 atom stereocenters. The summed E-state index contributed by atoms with van der Waals surface area (Å²) in [7, 11) is 0. The van der Waals surface area contributed by atoms with Crippen molar-refractivity contribution in [1.29, 1.82) is 0 Å². The highest BCUT2D eigenvalue weighted by atomic mass is 18.2. The molecule has 16 heavy (non-hydrogen) atoms. The average Bonchev–Trinajstić information content (AvgIpc) is 2.55. The van der Waals surface area contributed by atoms with Crippen LogP contribution in [0.1, 0.15) is 13.3 Å². The summed E-state index contributed by atoms with van der Waals surface area (Å²) in [5.74, 6) is 0. The third-order valence-electron chi connectivity index (χ3n) is 4.39. The van der Waals surface area contributed by atoms with Crippen LogP contribution < -0.4 is 0 Å². The van der Waals surface area contributed by atoms with E-state index >= 15 is 0 Å². The Morgan fingerprint density at radius 2 is 1.75 bits per heavy atom. The maximum atomic E-state index is 14.8. The molecule has 3 rings (SSSR count). The molecule has 3 nitrogen and oxygen atoms in total. The van der Waals surface area contributed by atoms with Gasteiger partial charge in [0.05, 0.1) is 0 Å². The molecule has 3 heterocycles. The minimum absolute atomic E-state index is 0.565. The summed E-state index contributed by atoms with van der Waals surface area (Å²) in [6.45, 7) is 9.45. The Morgan fingerprint density at radius 1 is 1.06 bits per heavy atom. The Hall–Kier alpha value is -0.190. The zero-order valence-electron chi connectivity index (χ0n) is 10.2. The van der Waals surface area contributed by atoms with E-state index < -0.39 is 5.67 Å². The molecule has 0 N–H and O–H groups in total. The summed E-state index contributed by atoms with van der Waals surface area (Å²) in [4.78, 5) is 7.06. The quantitative estimate of drug-likeness (QED) is 0.641. The molecular weight excluding hydrogens is 204 g/mol. The lowest BCUT2D eigenvalue weighted by Crippen LogP contribution is -2.46. The number of hydrogen-bond donors (Lipinski definition) is 0. The van der Waals surface area contributed by atoms with Gasteiger partial charge in [0, 0.05) is 58.4 Å². The largest absolute Gasteiger partial charge is 0.298 e. The molecule has 3 saturated heterocycles. The van der Waals surface area contributed by atoms with Gasteiger partial charge in [-0.15, -0.1) is 0 Å². The normalized spacial score (nSPS) is 52.1. The van der Waals surface area contributed by atoms with Crippen molar-refractivity contribution in [2.45, 2.75) is 25.1 Å². The van der Waals surface area contributed by atoms with Crippen molar-refractivity contribution in [2.75, 3.05) is 52.4 Å². The molecular formula is C12H22FN3. The van der Waals surface area contributed by atoms with Crippen LogP contribution >= 0.6 is 0 Å². The first-order chi connectivity index (χ1) is 7.68. The van der Waals surface area contributed by atoms with Crippen molar-refractivity contribution < 1.29 is 4.39 Å². The topological polar surface area (TPSA) is 9.72 Å². The first-order valence-corrected chi connectivity index (χ1v) is 6.56. The van der Waals surface area contributed by atoms with Crippen molar-refractivity contribution in [3.63, 3.8) is 0 Å². The molecule has 0 amide bonds. The van der Waals surface area contributed by atoms with E-state index in [-0.39, 0.29) is 0 Å². The minimum atomic E-state index is -0.989. The Morgan fingerprint density at radius 3 is 2.56 bits per heavy atom. The smallest absolute Gasteiger partial charge is 0.148 e. The van der Waals surface area contributed by atoms with E-state index in [1.807, 2.05) is 0 Å². The maximum absolute atomic E-state index is 14.8. The molecule has 4 heteroatoms. The molecule has 3 aliphatic rings. The lowest BCUT2D eigenvalue weighted by molar-refractivity contribution is 0.0922. The standard InChI is InChI=1S/C12H22FN3/c1-2-11-7-15-4-3-14-5-6-16(11)10-12(13,8-14)9-15/h11H,2-10H2,1H3/t11?,12-/m1/s1/i13-1. The summed E-state index contributed by atoms with van der Waals surface area (Å²) in [6.07, 6.45) is 1.15. The van der Waals surface area contributed by atoms with Gasteiger partial charge in [0.25, 0.3) is 0 Å². The number of nitrogens with zero attached hydrogens (tertiary/aromatic N) is 3. The van der Waals surface area contributed by atoms with Gasteiger partial charge in [-0.1, -0.05) is 6.92 Å². The van der Waals surface area contributed by atoms with Gasteiger partial charge in [0.15, 0.2) is 0 Å². The SMILES string of the molecule is CCC1CN2CCN3CCN1C[C@@]([18F])(C3)C2. The Kier molecular flexibility index (Phi) is 2.68. The van der Waals surface area contributed by atoms with Crippen LogP contribution in [0.4, 0.5) is 4.39 Å². The molecule has 0 aromatic rings. The minimum Gasteiger partial charge on any atom is -0.298 e. The molecule has 92 valence electrons. The highest BCUT2D eigenvalue weighted by Crippen LogP contribution is 2.28. The fourth-order valence-corrected chi connectivity index (χ4v) is 3.56. The van der Waals surface area contributed by atoms with Gasteiger partial charge in [-0.3, -0.25) is 14.7 Å². The Labute approximate surface area is 97.2 Å². The fourth-order valence-electron chi connectivity index (χ4n) is 3.56. The van der Waals surface area contributed by atoms with Gasteiger partial charge in [0.1, 0.15) is 5.67 Å². The second-order valence-electron chi connectivity index (χ2n) is 5.69. The summed E-state index contributed by atoms with van der Waals surface area (Å²) < 4.78 is 14.8. The number of fused-ring (bicyclic) bond motifs is 3. The second-order valence-corrected chi connectivity index (χ2v) is 5.69. The van der Waals surface area contributed by atoms with Crippen molar-refractivity contribution in [1.82, 2.24) is 14.7 Å². The zero-order valence-corrected chi connectivity index (χ0v) is 10.2. The molecule has 0 aromatic carbocycles. The Balaban J connectivity index is 1.93. The second kappa shape index (κ2) is 3.93. The number of alkyl halides is 1. The van der Waals surface area contributed by atoms with Crippen molar-refractivity contribution in [3.05, 3.63) is 0 Å². The van der Waals surface area contributed by atoms with Gasteiger partial charge in [-0.2, -0.15) is 0 Å². The van der Waals surface area contributed by atoms with Crippen molar-refractivity contribution >= 4 is 0 Å². The molecule has 0 spiro atoms. The van der Waals surface area contributed by atoms with Crippen LogP contribution in [0.2, 0.25) is 0 Å². The highest BCUT2D eigenvalue weighted by Gasteiger charge is 2.44. The summed E-state index contributed by atoms with van der Waals surface area (Å²) in [5, 5.41) is 0. The van der Waals surface area contributed by atoms with E-state index in [0.717, 1.165) is 39.1 Å². The molecule has 0 saturated carbocycles. The molecule has 0 aromatic heterocycles. The monoisotopic (exact) mass is 226 g/mol. The van der Waals surface area contributed by atoms with E-state index in [0.29, 0.717) is 25.7 Å². The van der Waals surface area contributed by atoms with E-state index in [2.05, 4.69) is 21.6 Å². The molecule has 0 radical (unpaired) electrons. The van der Waals surface area contributed by atoms with Gasteiger partial charge >= 0.3 is 0 Å². The molecule has 4 unspecified atom stereocenters. The molecule has 0 aliphatic carbocycles. The van der Waals surface area contributed by atoms with Gasteiger partial charge in [-0.25, -0.2) is 4.39 Å². The number of halogens is 1. The van der Waals surface area contributed by atoms with Gasteiger partial charge in [0.2, 0.25) is 0 Å². The third kappa shape index (κ3) is 1.87. The molecule has 4 bridgehead atoms. The number of hydrogen-bond acceptors (Lipinski definition) is 3. The van der Waals surface area contributed by atoms with Gasteiger partial charge < -0.3 is 0 Å². The highest BCUT2D eigenvalue weighted by molar-refractivity contribution is 4.99. The van der Waals surface area contributed by atoms with Crippen molar-refractivity contribution in [3.8, 4) is 0 Å². The molecule has 3 fully saturated rings.